The number of carbonyl (C=O) groups is 1. The van der Waals surface area contributed by atoms with Crippen molar-refractivity contribution in [3.63, 3.8) is 0 Å². The second kappa shape index (κ2) is 10.7. The number of hydrogen-bond donors (Lipinski definition) is 1. The number of fused-ring (bicyclic) bond motifs is 1. The Kier molecular flexibility index (Phi) is 7.43. The number of pyridine rings is 2. The van der Waals surface area contributed by atoms with E-state index >= 15 is 0 Å². The Morgan fingerprint density at radius 1 is 1.03 bits per heavy atom. The lowest BCUT2D eigenvalue weighted by Crippen LogP contribution is -2.37. The first-order chi connectivity index (χ1) is 16.4. The largest absolute Gasteiger partial charge is 0.473 e. The van der Waals surface area contributed by atoms with Crippen LogP contribution in [0.3, 0.4) is 0 Å². The molecule has 1 N–H and O–H groups in total. The van der Waals surface area contributed by atoms with Gasteiger partial charge in [-0.25, -0.2) is 4.79 Å². The number of benzene rings is 1. The minimum absolute atomic E-state index is 0.0302. The molecule has 3 aromatic rings. The zero-order valence-corrected chi connectivity index (χ0v) is 20.0. The van der Waals surface area contributed by atoms with Gasteiger partial charge in [-0.3, -0.25) is 20.2 Å². The fourth-order valence-corrected chi connectivity index (χ4v) is 3.76. The Bertz CT molecular complexity index is 1080. The Hall–Kier alpha value is -3.45. The van der Waals surface area contributed by atoms with Crippen LogP contribution in [0.2, 0.25) is 0 Å². The van der Waals surface area contributed by atoms with Crippen LogP contribution in [-0.4, -0.2) is 32.8 Å². The summed E-state index contributed by atoms with van der Waals surface area (Å²) in [6.07, 6.45) is 4.95. The third-order valence-electron chi connectivity index (χ3n) is 5.42. The predicted molar refractivity (Wildman–Crippen MR) is 130 cm³/mol. The highest BCUT2D eigenvalue weighted by atomic mass is 16.6. The number of ether oxygens (including phenoxy) is 2. The minimum atomic E-state index is -0.563. The summed E-state index contributed by atoms with van der Waals surface area (Å²) in [5.74, 6) is 0.858. The van der Waals surface area contributed by atoms with Gasteiger partial charge in [-0.1, -0.05) is 30.3 Å². The van der Waals surface area contributed by atoms with Crippen LogP contribution in [-0.2, 0) is 30.8 Å². The van der Waals surface area contributed by atoms with Gasteiger partial charge in [-0.05, 0) is 62.6 Å². The van der Waals surface area contributed by atoms with Gasteiger partial charge in [0.05, 0.1) is 17.9 Å². The van der Waals surface area contributed by atoms with Crippen molar-refractivity contribution in [3.8, 4) is 5.75 Å². The fraction of sp³-hybridized carbons (Fsp3) is 0.370. The molecule has 1 atom stereocenters. The summed E-state index contributed by atoms with van der Waals surface area (Å²) in [4.78, 5) is 23.3. The average molecular weight is 461 g/mol. The molecule has 0 aliphatic carbocycles. The van der Waals surface area contributed by atoms with E-state index in [-0.39, 0.29) is 12.3 Å². The standard InChI is InChI=1S/C27H32N4O3/c1-27(2,3)34-26(32)31(19-22-7-4-5-15-28-22)18-21-11-9-20(10-12-21)17-30-25-14-13-23-24(33-25)8-6-16-29-23/h4-12,15-16,25,30H,13-14,17-19H2,1-3H3. The van der Waals surface area contributed by atoms with Crippen LogP contribution >= 0.6 is 0 Å². The van der Waals surface area contributed by atoms with Crippen LogP contribution in [0.15, 0.2) is 67.0 Å². The van der Waals surface area contributed by atoms with Gasteiger partial charge < -0.3 is 9.47 Å². The topological polar surface area (TPSA) is 76.6 Å². The summed E-state index contributed by atoms with van der Waals surface area (Å²) in [6.45, 7) is 7.14. The van der Waals surface area contributed by atoms with Gasteiger partial charge in [0.15, 0.2) is 6.23 Å². The maximum absolute atomic E-state index is 12.8. The van der Waals surface area contributed by atoms with Crippen molar-refractivity contribution in [2.24, 2.45) is 0 Å². The molecular weight excluding hydrogens is 428 g/mol. The molecular formula is C27H32N4O3. The van der Waals surface area contributed by atoms with E-state index in [0.29, 0.717) is 19.6 Å². The lowest BCUT2D eigenvalue weighted by atomic mass is 10.1. The third-order valence-corrected chi connectivity index (χ3v) is 5.42. The van der Waals surface area contributed by atoms with Crippen molar-refractivity contribution >= 4 is 6.09 Å². The first-order valence-electron chi connectivity index (χ1n) is 11.7. The minimum Gasteiger partial charge on any atom is -0.473 e. The van der Waals surface area contributed by atoms with E-state index in [9.17, 15) is 4.79 Å². The van der Waals surface area contributed by atoms with E-state index in [1.165, 1.54) is 0 Å². The number of carbonyl (C=O) groups excluding carboxylic acids is 1. The molecule has 1 aliphatic heterocycles. The smallest absolute Gasteiger partial charge is 0.410 e. The molecule has 2 aromatic heterocycles. The Balaban J connectivity index is 1.35. The van der Waals surface area contributed by atoms with Crippen LogP contribution < -0.4 is 10.1 Å². The number of aryl methyl sites for hydroxylation is 1. The molecule has 1 amide bonds. The Labute approximate surface area is 201 Å². The predicted octanol–water partition coefficient (Wildman–Crippen LogP) is 4.85. The van der Waals surface area contributed by atoms with Crippen molar-refractivity contribution in [3.05, 3.63) is 89.5 Å². The van der Waals surface area contributed by atoms with E-state index in [0.717, 1.165) is 41.1 Å². The molecule has 0 saturated heterocycles. The highest BCUT2D eigenvalue weighted by molar-refractivity contribution is 5.68. The molecule has 1 aliphatic rings. The second-order valence-electron chi connectivity index (χ2n) is 9.45. The van der Waals surface area contributed by atoms with Crippen LogP contribution in [0.5, 0.6) is 5.75 Å². The number of aromatic nitrogens is 2. The van der Waals surface area contributed by atoms with Crippen LogP contribution in [0, 0.1) is 0 Å². The van der Waals surface area contributed by atoms with Crippen molar-refractivity contribution in [1.29, 1.82) is 0 Å². The van der Waals surface area contributed by atoms with Gasteiger partial charge in [0.2, 0.25) is 0 Å². The summed E-state index contributed by atoms with van der Waals surface area (Å²) in [5.41, 5.74) is 3.45. The van der Waals surface area contributed by atoms with E-state index in [1.807, 2.05) is 63.2 Å². The van der Waals surface area contributed by atoms with E-state index in [2.05, 4.69) is 27.4 Å². The highest BCUT2D eigenvalue weighted by Crippen LogP contribution is 2.24. The van der Waals surface area contributed by atoms with Gasteiger partial charge in [-0.2, -0.15) is 0 Å². The van der Waals surface area contributed by atoms with Gasteiger partial charge in [0.1, 0.15) is 11.4 Å². The van der Waals surface area contributed by atoms with Crippen molar-refractivity contribution in [2.75, 3.05) is 0 Å². The quantitative estimate of drug-likeness (QED) is 0.543. The maximum atomic E-state index is 12.8. The molecule has 0 radical (unpaired) electrons. The van der Waals surface area contributed by atoms with Gasteiger partial charge >= 0.3 is 6.09 Å². The number of rotatable bonds is 7. The first kappa shape index (κ1) is 23.7. The normalized spacial score (nSPS) is 15.2. The molecule has 3 heterocycles. The molecule has 0 fully saturated rings. The molecule has 0 spiro atoms. The molecule has 34 heavy (non-hydrogen) atoms. The summed E-state index contributed by atoms with van der Waals surface area (Å²) >= 11 is 0. The van der Waals surface area contributed by atoms with E-state index in [4.69, 9.17) is 9.47 Å². The molecule has 1 aromatic carbocycles. The molecule has 0 saturated carbocycles. The zero-order chi connectivity index (χ0) is 24.0. The SMILES string of the molecule is CC(C)(C)OC(=O)N(Cc1ccc(CNC2CCc3ncccc3O2)cc1)Cc1ccccn1. The van der Waals surface area contributed by atoms with E-state index in [1.54, 1.807) is 17.3 Å². The van der Waals surface area contributed by atoms with Gasteiger partial charge in [0, 0.05) is 31.9 Å². The Morgan fingerprint density at radius 3 is 2.53 bits per heavy atom. The fourth-order valence-electron chi connectivity index (χ4n) is 3.76. The van der Waals surface area contributed by atoms with Crippen LogP contribution in [0.25, 0.3) is 0 Å². The van der Waals surface area contributed by atoms with Crippen molar-refractivity contribution in [2.45, 2.75) is 65.1 Å². The molecule has 4 rings (SSSR count). The number of amides is 1. The summed E-state index contributed by atoms with van der Waals surface area (Å²) < 4.78 is 11.6. The molecule has 1 unspecified atom stereocenters. The Morgan fingerprint density at radius 2 is 1.79 bits per heavy atom. The monoisotopic (exact) mass is 460 g/mol. The third kappa shape index (κ3) is 6.78. The maximum Gasteiger partial charge on any atom is 0.410 e. The lowest BCUT2D eigenvalue weighted by molar-refractivity contribution is 0.0214. The highest BCUT2D eigenvalue weighted by Gasteiger charge is 2.23. The van der Waals surface area contributed by atoms with E-state index < -0.39 is 5.60 Å². The van der Waals surface area contributed by atoms with Crippen LogP contribution in [0.4, 0.5) is 4.79 Å². The summed E-state index contributed by atoms with van der Waals surface area (Å²) in [7, 11) is 0. The van der Waals surface area contributed by atoms with Crippen molar-refractivity contribution < 1.29 is 14.3 Å². The first-order valence-corrected chi connectivity index (χ1v) is 11.7. The van der Waals surface area contributed by atoms with Crippen LogP contribution in [0.1, 0.15) is 49.7 Å². The molecule has 178 valence electrons. The average Bonchev–Trinajstić information content (AvgIpc) is 2.82. The number of nitrogens with one attached hydrogen (secondary N) is 1. The number of hydrogen-bond acceptors (Lipinski definition) is 6. The molecule has 0 bridgehead atoms. The molecule has 7 heteroatoms. The zero-order valence-electron chi connectivity index (χ0n) is 20.0. The molecule has 7 nitrogen and oxygen atoms in total. The van der Waals surface area contributed by atoms with Crippen molar-refractivity contribution in [1.82, 2.24) is 20.2 Å². The number of nitrogens with zero attached hydrogens (tertiary/aromatic N) is 3. The summed E-state index contributed by atoms with van der Waals surface area (Å²) in [6, 6.07) is 17.8. The lowest BCUT2D eigenvalue weighted by Gasteiger charge is -2.27. The second-order valence-corrected chi connectivity index (χ2v) is 9.45. The summed E-state index contributed by atoms with van der Waals surface area (Å²) in [5, 5.41) is 3.47. The van der Waals surface area contributed by atoms with Gasteiger partial charge in [0.25, 0.3) is 0 Å². The van der Waals surface area contributed by atoms with Gasteiger partial charge in [-0.15, -0.1) is 0 Å².